The fourth-order valence-electron chi connectivity index (χ4n) is 1.82. The molecule has 1 unspecified atom stereocenters. The van der Waals surface area contributed by atoms with E-state index in [0.717, 1.165) is 11.1 Å². The van der Waals surface area contributed by atoms with E-state index in [2.05, 4.69) is 0 Å². The maximum Gasteiger partial charge on any atom is 0.366 e. The summed E-state index contributed by atoms with van der Waals surface area (Å²) in [6, 6.07) is 5.47. The van der Waals surface area contributed by atoms with Crippen LogP contribution in [0.4, 0.5) is 0 Å². The first kappa shape index (κ1) is 16.4. The first-order valence-corrected chi connectivity index (χ1v) is 8.02. The van der Waals surface area contributed by atoms with Crippen molar-refractivity contribution in [2.75, 3.05) is 13.2 Å². The Morgan fingerprint density at radius 3 is 2.11 bits per heavy atom. The molecule has 0 aliphatic carbocycles. The second-order valence-electron chi connectivity index (χ2n) is 4.65. The molecule has 1 atom stereocenters. The number of hydrogen-bond acceptors (Lipinski definition) is 4. The van der Waals surface area contributed by atoms with Crippen molar-refractivity contribution in [2.45, 2.75) is 40.0 Å². The van der Waals surface area contributed by atoms with E-state index < -0.39 is 12.9 Å². The lowest BCUT2D eigenvalue weighted by molar-refractivity contribution is 0.0802. The molecule has 4 nitrogen and oxygen atoms in total. The van der Waals surface area contributed by atoms with E-state index in [0.29, 0.717) is 5.56 Å². The van der Waals surface area contributed by atoms with Gasteiger partial charge in [0.05, 0.1) is 13.2 Å². The second kappa shape index (κ2) is 6.19. The third-order valence-corrected chi connectivity index (χ3v) is 5.71. The highest BCUT2D eigenvalue weighted by Crippen LogP contribution is 2.63. The molecule has 0 aliphatic rings. The Labute approximate surface area is 115 Å². The molecule has 0 saturated heterocycles. The van der Waals surface area contributed by atoms with Gasteiger partial charge in [0.2, 0.25) is 0 Å². The zero-order chi connectivity index (χ0) is 14.7. The molecule has 1 aromatic carbocycles. The maximum absolute atomic E-state index is 12.7. The number of aliphatic hydroxyl groups is 1. The van der Waals surface area contributed by atoms with Crippen LogP contribution in [0.5, 0.6) is 0 Å². The molecule has 5 heteroatoms. The minimum absolute atomic E-state index is 0.221. The van der Waals surface area contributed by atoms with Gasteiger partial charge in [0.15, 0.2) is 5.34 Å². The van der Waals surface area contributed by atoms with Gasteiger partial charge in [0.1, 0.15) is 0 Å². The van der Waals surface area contributed by atoms with Crippen molar-refractivity contribution in [1.82, 2.24) is 0 Å². The summed E-state index contributed by atoms with van der Waals surface area (Å²) in [7, 11) is -3.62. The fraction of sp³-hybridized carbons (Fsp3) is 0.571. The summed E-state index contributed by atoms with van der Waals surface area (Å²) in [5.74, 6) is 0. The molecule has 19 heavy (non-hydrogen) atoms. The van der Waals surface area contributed by atoms with E-state index in [-0.39, 0.29) is 13.2 Å². The quantitative estimate of drug-likeness (QED) is 0.809. The van der Waals surface area contributed by atoms with Crippen LogP contribution in [0.3, 0.4) is 0 Å². The van der Waals surface area contributed by atoms with Gasteiger partial charge < -0.3 is 14.2 Å². The zero-order valence-electron chi connectivity index (χ0n) is 12.3. The van der Waals surface area contributed by atoms with E-state index >= 15 is 0 Å². The highest BCUT2D eigenvalue weighted by molar-refractivity contribution is 7.54. The van der Waals surface area contributed by atoms with Gasteiger partial charge in [-0.05, 0) is 51.3 Å². The Hall–Kier alpha value is -0.670. The predicted molar refractivity (Wildman–Crippen MR) is 76.3 cm³/mol. The molecular weight excluding hydrogens is 263 g/mol. The molecule has 0 spiro atoms. The minimum Gasteiger partial charge on any atom is -0.373 e. The summed E-state index contributed by atoms with van der Waals surface area (Å²) in [6.07, 6.45) is 0. The summed E-state index contributed by atoms with van der Waals surface area (Å²) in [4.78, 5) is 0. The van der Waals surface area contributed by atoms with Crippen molar-refractivity contribution in [3.8, 4) is 0 Å². The highest BCUT2D eigenvalue weighted by atomic mass is 31.2. The highest BCUT2D eigenvalue weighted by Gasteiger charge is 2.47. The van der Waals surface area contributed by atoms with E-state index in [1.54, 1.807) is 19.9 Å². The van der Waals surface area contributed by atoms with Crippen molar-refractivity contribution in [3.05, 3.63) is 34.9 Å². The van der Waals surface area contributed by atoms with Gasteiger partial charge in [0.25, 0.3) is 0 Å². The molecular formula is C14H23O4P. The lowest BCUT2D eigenvalue weighted by Crippen LogP contribution is -2.24. The Balaban J connectivity index is 3.25. The number of hydrogen-bond donors (Lipinski definition) is 1. The molecule has 1 N–H and O–H groups in total. The molecule has 0 saturated carbocycles. The Bertz CT molecular complexity index is 472. The van der Waals surface area contributed by atoms with Gasteiger partial charge in [-0.25, -0.2) is 0 Å². The molecule has 108 valence electrons. The van der Waals surface area contributed by atoms with E-state index in [9.17, 15) is 9.67 Å². The van der Waals surface area contributed by atoms with Gasteiger partial charge in [-0.2, -0.15) is 0 Å². The van der Waals surface area contributed by atoms with E-state index in [4.69, 9.17) is 9.05 Å². The lowest BCUT2D eigenvalue weighted by Gasteiger charge is -2.32. The van der Waals surface area contributed by atoms with Crippen LogP contribution in [0.25, 0.3) is 0 Å². The van der Waals surface area contributed by atoms with Crippen LogP contribution in [0, 0.1) is 13.8 Å². The first-order chi connectivity index (χ1) is 8.78. The average molecular weight is 286 g/mol. The lowest BCUT2D eigenvalue weighted by atomic mass is 10.0. The SMILES string of the molecule is CCOP(=O)(OCC)C(C)(O)c1ccc(C)c(C)c1. The largest absolute Gasteiger partial charge is 0.373 e. The molecule has 1 aromatic rings. The van der Waals surface area contributed by atoms with Crippen molar-refractivity contribution in [1.29, 1.82) is 0 Å². The molecule has 0 fully saturated rings. The summed E-state index contributed by atoms with van der Waals surface area (Å²) >= 11 is 0. The Kier molecular flexibility index (Phi) is 5.34. The van der Waals surface area contributed by atoms with Crippen molar-refractivity contribution >= 4 is 7.60 Å². The average Bonchev–Trinajstić information content (AvgIpc) is 2.33. The van der Waals surface area contributed by atoms with Gasteiger partial charge in [-0.3, -0.25) is 4.57 Å². The summed E-state index contributed by atoms with van der Waals surface area (Å²) in [6.45, 7) is 9.30. The Morgan fingerprint density at radius 1 is 1.16 bits per heavy atom. The number of benzene rings is 1. The van der Waals surface area contributed by atoms with Gasteiger partial charge in [0, 0.05) is 0 Å². The third kappa shape index (κ3) is 3.26. The number of rotatable bonds is 6. The second-order valence-corrected chi connectivity index (χ2v) is 7.04. The Morgan fingerprint density at radius 2 is 1.68 bits per heavy atom. The monoisotopic (exact) mass is 286 g/mol. The first-order valence-electron chi connectivity index (χ1n) is 6.47. The van der Waals surface area contributed by atoms with Crippen LogP contribution >= 0.6 is 7.60 Å². The summed E-state index contributed by atoms with van der Waals surface area (Å²) in [5, 5.41) is 9.01. The van der Waals surface area contributed by atoms with E-state index in [1.807, 2.05) is 26.0 Å². The zero-order valence-corrected chi connectivity index (χ0v) is 13.2. The molecule has 0 radical (unpaired) electrons. The van der Waals surface area contributed by atoms with Crippen LogP contribution < -0.4 is 0 Å². The van der Waals surface area contributed by atoms with Crippen LogP contribution in [-0.2, 0) is 19.0 Å². The van der Waals surface area contributed by atoms with Crippen LogP contribution in [-0.4, -0.2) is 18.3 Å². The summed E-state index contributed by atoms with van der Waals surface area (Å²) in [5.41, 5.74) is 2.68. The maximum atomic E-state index is 12.7. The van der Waals surface area contributed by atoms with Gasteiger partial charge in [-0.1, -0.05) is 18.2 Å². The third-order valence-electron chi connectivity index (χ3n) is 3.19. The standard InChI is InChI=1S/C14H23O4P/c1-6-17-19(16,18-7-2)14(5,15)13-9-8-11(3)12(4)10-13/h8-10,15H,6-7H2,1-5H3. The van der Waals surface area contributed by atoms with Crippen molar-refractivity contribution in [2.24, 2.45) is 0 Å². The van der Waals surface area contributed by atoms with Gasteiger partial charge >= 0.3 is 7.60 Å². The molecule has 0 aliphatic heterocycles. The number of aryl methyl sites for hydroxylation is 2. The molecule has 0 heterocycles. The smallest absolute Gasteiger partial charge is 0.366 e. The summed E-state index contributed by atoms with van der Waals surface area (Å²) < 4.78 is 23.2. The molecule has 1 rings (SSSR count). The fourth-order valence-corrected chi connectivity index (χ4v) is 3.54. The van der Waals surface area contributed by atoms with Crippen molar-refractivity contribution in [3.63, 3.8) is 0 Å². The normalized spacial score (nSPS) is 15.3. The molecule has 0 aromatic heterocycles. The molecule has 0 amide bonds. The van der Waals surface area contributed by atoms with Crippen LogP contribution in [0.2, 0.25) is 0 Å². The van der Waals surface area contributed by atoms with E-state index in [1.165, 1.54) is 6.92 Å². The van der Waals surface area contributed by atoms with Crippen molar-refractivity contribution < 1.29 is 18.7 Å². The van der Waals surface area contributed by atoms with Crippen LogP contribution in [0.1, 0.15) is 37.5 Å². The minimum atomic E-state index is -3.62. The topological polar surface area (TPSA) is 55.8 Å². The van der Waals surface area contributed by atoms with Crippen LogP contribution in [0.15, 0.2) is 18.2 Å². The predicted octanol–water partition coefficient (Wildman–Crippen LogP) is 3.73. The molecule has 0 bridgehead atoms. The van der Waals surface area contributed by atoms with Gasteiger partial charge in [-0.15, -0.1) is 0 Å².